The Labute approximate surface area is 228 Å². The third-order valence-electron chi connectivity index (χ3n) is 7.21. The van der Waals surface area contributed by atoms with Crippen molar-refractivity contribution >= 4 is 23.6 Å². The average molecular weight is 553 g/mol. The van der Waals surface area contributed by atoms with E-state index in [1.807, 2.05) is 17.0 Å². The van der Waals surface area contributed by atoms with Gasteiger partial charge in [-0.25, -0.2) is 22.9 Å². The Morgan fingerprint density at radius 2 is 1.62 bits per heavy atom. The van der Waals surface area contributed by atoms with Crippen LogP contribution < -0.4 is 5.32 Å². The lowest BCUT2D eigenvalue weighted by Gasteiger charge is -2.32. The number of ether oxygens (including phenoxy) is 1. The molecule has 0 spiro atoms. The first-order valence-corrected chi connectivity index (χ1v) is 13.0. The summed E-state index contributed by atoms with van der Waals surface area (Å²) in [5.74, 6) is -3.30. The largest absolute Gasteiger partial charge is 0.448 e. The summed E-state index contributed by atoms with van der Waals surface area (Å²) in [5.41, 5.74) is 0.139. The third kappa shape index (κ3) is 5.93. The molecule has 2 fully saturated rings. The fraction of sp³-hybridized carbons (Fsp3) is 0.310. The molecule has 5 rings (SSSR count). The van der Waals surface area contributed by atoms with Crippen LogP contribution in [0.2, 0.25) is 0 Å². The molecule has 8 nitrogen and oxygen atoms in total. The topological polar surface area (TPSA) is 91.8 Å². The van der Waals surface area contributed by atoms with Gasteiger partial charge in [0.15, 0.2) is 0 Å². The van der Waals surface area contributed by atoms with Gasteiger partial charge in [0.25, 0.3) is 5.91 Å². The molecule has 2 aromatic carbocycles. The average Bonchev–Trinajstić information content (AvgIpc) is 3.37. The number of carbonyl (C=O) groups is 3. The molecule has 2 aliphatic heterocycles. The molecule has 2 saturated heterocycles. The Bertz CT molecular complexity index is 1410. The van der Waals surface area contributed by atoms with E-state index in [9.17, 15) is 27.6 Å². The van der Waals surface area contributed by atoms with Gasteiger partial charge in [-0.05, 0) is 60.7 Å². The molecule has 0 unspecified atom stereocenters. The number of carbonyl (C=O) groups excluding carboxylic acids is 3. The Balaban J connectivity index is 1.16. The standard InChI is InChI=1S/C29H27F3N4O4/c30-21-2-1-3-22(31)26(21)27-23(32)8-9-24(34-27)28(38)33-20-6-4-18(5-7-20)19-10-13-35(14-11-19)25(37)12-15-36-16-17-40-29(36)39/h1-9,19H,10-17H2,(H,33,38). The Hall–Kier alpha value is -4.41. The number of aromatic nitrogens is 1. The Kier molecular flexibility index (Phi) is 7.99. The third-order valence-corrected chi connectivity index (χ3v) is 7.21. The first kappa shape index (κ1) is 27.2. The SMILES string of the molecule is O=C(Nc1ccc(C2CCN(C(=O)CCN3CCOC3=O)CC2)cc1)c1ccc(F)c(-c2c(F)cccc2F)n1. The zero-order valence-electron chi connectivity index (χ0n) is 21.5. The second-order valence-electron chi connectivity index (χ2n) is 9.71. The fourth-order valence-corrected chi connectivity index (χ4v) is 4.98. The molecule has 1 aromatic heterocycles. The van der Waals surface area contributed by atoms with E-state index in [0.717, 1.165) is 48.7 Å². The maximum atomic E-state index is 14.3. The predicted octanol–water partition coefficient (Wildman–Crippen LogP) is 4.97. The molecule has 0 atom stereocenters. The number of piperidine rings is 1. The Morgan fingerprint density at radius 1 is 0.925 bits per heavy atom. The molecule has 3 heterocycles. The van der Waals surface area contributed by atoms with Crippen molar-refractivity contribution in [2.24, 2.45) is 0 Å². The van der Waals surface area contributed by atoms with E-state index >= 15 is 0 Å². The summed E-state index contributed by atoms with van der Waals surface area (Å²) in [7, 11) is 0. The van der Waals surface area contributed by atoms with Gasteiger partial charge in [-0.15, -0.1) is 0 Å². The lowest BCUT2D eigenvalue weighted by molar-refractivity contribution is -0.132. The molecule has 0 aliphatic carbocycles. The maximum Gasteiger partial charge on any atom is 0.409 e. The number of amides is 3. The number of halogens is 3. The van der Waals surface area contributed by atoms with Crippen molar-refractivity contribution in [2.45, 2.75) is 25.2 Å². The Morgan fingerprint density at radius 3 is 2.27 bits per heavy atom. The van der Waals surface area contributed by atoms with Gasteiger partial charge in [-0.3, -0.25) is 9.59 Å². The van der Waals surface area contributed by atoms with E-state index in [1.54, 1.807) is 17.0 Å². The molecular weight excluding hydrogens is 525 g/mol. The number of rotatable bonds is 7. The normalized spacial score (nSPS) is 15.7. The number of nitrogens with zero attached hydrogens (tertiary/aromatic N) is 3. The van der Waals surface area contributed by atoms with Crippen molar-refractivity contribution in [2.75, 3.05) is 38.1 Å². The van der Waals surface area contributed by atoms with Crippen LogP contribution in [0.3, 0.4) is 0 Å². The van der Waals surface area contributed by atoms with Gasteiger partial charge in [0.2, 0.25) is 5.91 Å². The number of pyridine rings is 1. The molecule has 1 N–H and O–H groups in total. The van der Waals surface area contributed by atoms with Crippen molar-refractivity contribution < 1.29 is 32.3 Å². The number of nitrogens with one attached hydrogen (secondary N) is 1. The molecule has 0 saturated carbocycles. The number of likely N-dealkylation sites (tertiary alicyclic amines) is 1. The molecule has 0 radical (unpaired) electrons. The highest BCUT2D eigenvalue weighted by Crippen LogP contribution is 2.30. The minimum absolute atomic E-state index is 0.0199. The van der Waals surface area contributed by atoms with Crippen LogP contribution in [-0.2, 0) is 9.53 Å². The van der Waals surface area contributed by atoms with Crippen LogP contribution in [0.5, 0.6) is 0 Å². The number of benzene rings is 2. The highest BCUT2D eigenvalue weighted by Gasteiger charge is 2.27. The summed E-state index contributed by atoms with van der Waals surface area (Å²) in [6, 6.07) is 12.5. The first-order valence-electron chi connectivity index (χ1n) is 13.0. The summed E-state index contributed by atoms with van der Waals surface area (Å²) < 4.78 is 47.6. The molecule has 40 heavy (non-hydrogen) atoms. The molecule has 2 aliphatic rings. The van der Waals surface area contributed by atoms with Crippen LogP contribution in [0, 0.1) is 17.5 Å². The summed E-state index contributed by atoms with van der Waals surface area (Å²) in [6.07, 6.45) is 1.48. The van der Waals surface area contributed by atoms with Crippen molar-refractivity contribution in [3.63, 3.8) is 0 Å². The van der Waals surface area contributed by atoms with Crippen molar-refractivity contribution in [1.82, 2.24) is 14.8 Å². The molecule has 208 valence electrons. The van der Waals surface area contributed by atoms with Gasteiger partial charge in [0, 0.05) is 31.7 Å². The maximum absolute atomic E-state index is 14.3. The number of hydrogen-bond acceptors (Lipinski definition) is 5. The number of anilines is 1. The summed E-state index contributed by atoms with van der Waals surface area (Å²) in [6.45, 7) is 2.47. The van der Waals surface area contributed by atoms with Gasteiger partial charge >= 0.3 is 6.09 Å². The zero-order valence-corrected chi connectivity index (χ0v) is 21.5. The quantitative estimate of drug-likeness (QED) is 0.447. The second kappa shape index (κ2) is 11.8. The van der Waals surface area contributed by atoms with E-state index in [0.29, 0.717) is 38.5 Å². The van der Waals surface area contributed by atoms with Gasteiger partial charge < -0.3 is 19.9 Å². The number of hydrogen-bond donors (Lipinski definition) is 1. The van der Waals surface area contributed by atoms with E-state index in [-0.39, 0.29) is 30.0 Å². The van der Waals surface area contributed by atoms with Crippen molar-refractivity contribution in [1.29, 1.82) is 0 Å². The van der Waals surface area contributed by atoms with Crippen molar-refractivity contribution in [3.8, 4) is 11.3 Å². The van der Waals surface area contributed by atoms with E-state index in [1.165, 1.54) is 0 Å². The number of cyclic esters (lactones) is 1. The molecule has 11 heteroatoms. The highest BCUT2D eigenvalue weighted by atomic mass is 19.1. The lowest BCUT2D eigenvalue weighted by Crippen LogP contribution is -2.39. The summed E-state index contributed by atoms with van der Waals surface area (Å²) in [5, 5.41) is 2.68. The fourth-order valence-electron chi connectivity index (χ4n) is 4.98. The van der Waals surface area contributed by atoms with Crippen LogP contribution in [0.1, 0.15) is 41.2 Å². The summed E-state index contributed by atoms with van der Waals surface area (Å²) in [4.78, 5) is 44.1. The first-order chi connectivity index (χ1) is 19.3. The van der Waals surface area contributed by atoms with Crippen LogP contribution in [-0.4, -0.2) is 65.5 Å². The molecule has 3 amide bonds. The summed E-state index contributed by atoms with van der Waals surface area (Å²) >= 11 is 0. The van der Waals surface area contributed by atoms with Crippen molar-refractivity contribution in [3.05, 3.63) is 83.3 Å². The molecular formula is C29H27F3N4O4. The van der Waals surface area contributed by atoms with Gasteiger partial charge in [0.1, 0.15) is 35.4 Å². The van der Waals surface area contributed by atoms with E-state index in [4.69, 9.17) is 4.74 Å². The van der Waals surface area contributed by atoms with Crippen LogP contribution >= 0.6 is 0 Å². The van der Waals surface area contributed by atoms with Gasteiger partial charge in [-0.2, -0.15) is 0 Å². The smallest absolute Gasteiger partial charge is 0.409 e. The van der Waals surface area contributed by atoms with E-state index in [2.05, 4.69) is 10.3 Å². The minimum atomic E-state index is -0.983. The van der Waals surface area contributed by atoms with Crippen LogP contribution in [0.25, 0.3) is 11.3 Å². The van der Waals surface area contributed by atoms with Crippen LogP contribution in [0.15, 0.2) is 54.6 Å². The monoisotopic (exact) mass is 552 g/mol. The zero-order chi connectivity index (χ0) is 28.2. The van der Waals surface area contributed by atoms with E-state index < -0.39 is 34.6 Å². The highest BCUT2D eigenvalue weighted by molar-refractivity contribution is 6.03. The lowest BCUT2D eigenvalue weighted by atomic mass is 9.89. The minimum Gasteiger partial charge on any atom is -0.448 e. The molecule has 3 aromatic rings. The second-order valence-corrected chi connectivity index (χ2v) is 9.71. The van der Waals surface area contributed by atoms with Gasteiger partial charge in [0.05, 0.1) is 12.1 Å². The predicted molar refractivity (Wildman–Crippen MR) is 140 cm³/mol. The van der Waals surface area contributed by atoms with Crippen LogP contribution in [0.4, 0.5) is 23.7 Å². The molecule has 0 bridgehead atoms. The van der Waals surface area contributed by atoms with Gasteiger partial charge in [-0.1, -0.05) is 18.2 Å².